The Morgan fingerprint density at radius 3 is 1.40 bits per heavy atom. The lowest BCUT2D eigenvalue weighted by Gasteiger charge is -2.24. The van der Waals surface area contributed by atoms with Crippen molar-refractivity contribution in [1.82, 2.24) is 5.32 Å². The van der Waals surface area contributed by atoms with Crippen molar-refractivity contribution < 1.29 is 24.5 Å². The van der Waals surface area contributed by atoms with E-state index in [0.717, 1.165) is 96.3 Å². The average Bonchev–Trinajstić information content (AvgIpc) is 3.26. The number of hydrogen-bond donors (Lipinski definition) is 3. The van der Waals surface area contributed by atoms with Crippen LogP contribution in [0, 0.1) is 0 Å². The van der Waals surface area contributed by atoms with Gasteiger partial charge in [0.1, 0.15) is 6.10 Å². The van der Waals surface area contributed by atoms with E-state index in [4.69, 9.17) is 4.74 Å². The monoisotopic (exact) mass is 862 g/mol. The number of carbonyl (C=O) groups excluding carboxylic acids is 2. The molecule has 0 aromatic heterocycles. The molecular formula is C56H95NO5. The molecule has 0 rings (SSSR count). The molecule has 3 unspecified atom stereocenters. The quantitative estimate of drug-likeness (QED) is 0.0322. The van der Waals surface area contributed by atoms with E-state index in [-0.39, 0.29) is 24.9 Å². The first-order chi connectivity index (χ1) is 30.5. The van der Waals surface area contributed by atoms with Crippen molar-refractivity contribution in [2.75, 3.05) is 6.61 Å². The predicted octanol–water partition coefficient (Wildman–Crippen LogP) is 15.3. The summed E-state index contributed by atoms with van der Waals surface area (Å²) in [4.78, 5) is 26.1. The number of aliphatic hydroxyl groups excluding tert-OH is 2. The van der Waals surface area contributed by atoms with E-state index in [1.165, 1.54) is 77.0 Å². The molecule has 3 atom stereocenters. The third kappa shape index (κ3) is 43.4. The minimum Gasteiger partial charge on any atom is -0.461 e. The molecule has 6 nitrogen and oxygen atoms in total. The maximum atomic E-state index is 13.2. The van der Waals surface area contributed by atoms with Crippen LogP contribution in [0.5, 0.6) is 0 Å². The van der Waals surface area contributed by atoms with Gasteiger partial charge in [0, 0.05) is 12.8 Å². The smallest absolute Gasteiger partial charge is 0.306 e. The number of ether oxygens (including phenoxy) is 1. The Kier molecular flexibility index (Phi) is 46.3. The Morgan fingerprint density at radius 2 is 0.903 bits per heavy atom. The second-order valence-electron chi connectivity index (χ2n) is 16.8. The Morgan fingerprint density at radius 1 is 0.500 bits per heavy atom. The second kappa shape index (κ2) is 48.8. The SMILES string of the molecule is CC/C=C\C/C=C\C/C=C\C/C=C\C/C=C\CC(CC(=O)NC(CO)C(O)CCCCCCCCCCCCC)OC(=O)CCCCCC/C=C\C/C=C\C/C=C\CCCCC. The van der Waals surface area contributed by atoms with Crippen LogP contribution in [0.3, 0.4) is 0 Å². The molecule has 0 fully saturated rings. The van der Waals surface area contributed by atoms with Crippen LogP contribution in [0.25, 0.3) is 0 Å². The summed E-state index contributed by atoms with van der Waals surface area (Å²) in [6.45, 7) is 6.29. The van der Waals surface area contributed by atoms with Crippen molar-refractivity contribution in [1.29, 1.82) is 0 Å². The van der Waals surface area contributed by atoms with Gasteiger partial charge in [0.05, 0.1) is 25.2 Å². The van der Waals surface area contributed by atoms with E-state index in [0.29, 0.717) is 19.3 Å². The van der Waals surface area contributed by atoms with Gasteiger partial charge >= 0.3 is 5.97 Å². The molecule has 0 aromatic rings. The molecule has 0 bridgehead atoms. The Bertz CT molecular complexity index is 1240. The second-order valence-corrected chi connectivity index (χ2v) is 16.8. The molecule has 62 heavy (non-hydrogen) atoms. The number of amides is 1. The Balaban J connectivity index is 4.78. The molecule has 3 N–H and O–H groups in total. The summed E-state index contributed by atoms with van der Waals surface area (Å²) in [6.07, 6.45) is 64.8. The summed E-state index contributed by atoms with van der Waals surface area (Å²) < 4.78 is 5.85. The van der Waals surface area contributed by atoms with Gasteiger partial charge < -0.3 is 20.3 Å². The Labute approximate surface area is 382 Å². The molecule has 0 saturated heterocycles. The van der Waals surface area contributed by atoms with Gasteiger partial charge in [-0.3, -0.25) is 9.59 Å². The first-order valence-corrected chi connectivity index (χ1v) is 25.5. The summed E-state index contributed by atoms with van der Waals surface area (Å²) in [5.74, 6) is -0.613. The van der Waals surface area contributed by atoms with Gasteiger partial charge in [0.2, 0.25) is 5.91 Å². The van der Waals surface area contributed by atoms with Crippen LogP contribution in [-0.4, -0.2) is 46.9 Å². The van der Waals surface area contributed by atoms with Gasteiger partial charge in [0.25, 0.3) is 0 Å². The van der Waals surface area contributed by atoms with Gasteiger partial charge in [0.15, 0.2) is 0 Å². The van der Waals surface area contributed by atoms with Crippen LogP contribution in [-0.2, 0) is 14.3 Å². The molecule has 0 aliphatic carbocycles. The molecule has 0 aromatic carbocycles. The number of aliphatic hydroxyl groups is 2. The van der Waals surface area contributed by atoms with Crippen molar-refractivity contribution in [2.45, 2.75) is 238 Å². The highest BCUT2D eigenvalue weighted by atomic mass is 16.5. The number of nitrogens with one attached hydrogen (secondary N) is 1. The molecular weight excluding hydrogens is 767 g/mol. The van der Waals surface area contributed by atoms with Crippen LogP contribution in [0.1, 0.15) is 220 Å². The normalized spacial score (nSPS) is 14.1. The minimum absolute atomic E-state index is 0.0149. The van der Waals surface area contributed by atoms with Gasteiger partial charge in [-0.1, -0.05) is 214 Å². The van der Waals surface area contributed by atoms with Crippen molar-refractivity contribution in [3.05, 3.63) is 97.2 Å². The van der Waals surface area contributed by atoms with Gasteiger partial charge in [-0.15, -0.1) is 0 Å². The molecule has 6 heteroatoms. The van der Waals surface area contributed by atoms with Crippen molar-refractivity contribution in [3.63, 3.8) is 0 Å². The summed E-state index contributed by atoms with van der Waals surface area (Å²) in [5.41, 5.74) is 0. The highest BCUT2D eigenvalue weighted by Gasteiger charge is 2.23. The average molecular weight is 862 g/mol. The number of esters is 1. The lowest BCUT2D eigenvalue weighted by molar-refractivity contribution is -0.150. The van der Waals surface area contributed by atoms with Gasteiger partial charge in [-0.25, -0.2) is 0 Å². The van der Waals surface area contributed by atoms with Crippen LogP contribution >= 0.6 is 0 Å². The molecule has 0 spiro atoms. The maximum absolute atomic E-state index is 13.2. The molecule has 0 aliphatic heterocycles. The van der Waals surface area contributed by atoms with Crippen LogP contribution in [0.4, 0.5) is 0 Å². The number of hydrogen-bond acceptors (Lipinski definition) is 5. The lowest BCUT2D eigenvalue weighted by atomic mass is 10.0. The zero-order valence-electron chi connectivity index (χ0n) is 40.2. The fourth-order valence-electron chi connectivity index (χ4n) is 7.05. The molecule has 1 amide bonds. The molecule has 0 heterocycles. The van der Waals surface area contributed by atoms with E-state index in [2.05, 4.69) is 111 Å². The first kappa shape index (κ1) is 58.8. The van der Waals surface area contributed by atoms with Crippen molar-refractivity contribution in [2.24, 2.45) is 0 Å². The third-order valence-electron chi connectivity index (χ3n) is 10.9. The topological polar surface area (TPSA) is 95.9 Å². The van der Waals surface area contributed by atoms with Crippen LogP contribution in [0.2, 0.25) is 0 Å². The molecule has 0 saturated carbocycles. The third-order valence-corrected chi connectivity index (χ3v) is 10.9. The predicted molar refractivity (Wildman–Crippen MR) is 268 cm³/mol. The largest absolute Gasteiger partial charge is 0.461 e. The van der Waals surface area contributed by atoms with Crippen LogP contribution < -0.4 is 5.32 Å². The molecule has 0 radical (unpaired) electrons. The molecule has 0 aliphatic rings. The van der Waals surface area contributed by atoms with E-state index in [1.54, 1.807) is 0 Å². The summed E-state index contributed by atoms with van der Waals surface area (Å²) in [6, 6.07) is -0.741. The molecule has 354 valence electrons. The highest BCUT2D eigenvalue weighted by molar-refractivity contribution is 5.77. The lowest BCUT2D eigenvalue weighted by Crippen LogP contribution is -2.46. The van der Waals surface area contributed by atoms with E-state index < -0.39 is 18.2 Å². The fourth-order valence-corrected chi connectivity index (χ4v) is 7.05. The number of allylic oxidation sites excluding steroid dienone is 15. The van der Waals surface area contributed by atoms with Crippen molar-refractivity contribution in [3.8, 4) is 0 Å². The zero-order valence-corrected chi connectivity index (χ0v) is 40.2. The highest BCUT2D eigenvalue weighted by Crippen LogP contribution is 2.15. The maximum Gasteiger partial charge on any atom is 0.306 e. The van der Waals surface area contributed by atoms with E-state index >= 15 is 0 Å². The van der Waals surface area contributed by atoms with E-state index in [9.17, 15) is 19.8 Å². The standard InChI is InChI=1S/C56H95NO5/c1-4-7-10-13-16-19-22-24-26-27-29-31-34-37-40-43-46-49-56(61)62-52(47-44-41-38-35-33-30-28-25-23-20-17-14-11-8-5-2)50-55(60)57-53(51-58)54(59)48-45-42-39-36-32-21-18-15-12-9-6-3/h8,11,16-17,19-20,24-26,28-29,31,33,35,41,44,52-54,58-59H,4-7,9-10,12-15,18,21-23,27,30,32,34,36-40,42-43,45-51H2,1-3H3,(H,57,60)/b11-8-,19-16-,20-17-,26-24-,28-25-,31-29-,35-33-,44-41-. The van der Waals surface area contributed by atoms with E-state index in [1.807, 2.05) is 12.2 Å². The van der Waals surface area contributed by atoms with Gasteiger partial charge in [-0.2, -0.15) is 0 Å². The summed E-state index contributed by atoms with van der Waals surface area (Å²) in [5, 5.41) is 23.7. The Hall–Kier alpha value is -3.22. The number of carbonyl (C=O) groups is 2. The fraction of sp³-hybridized carbons (Fsp3) is 0.679. The number of unbranched alkanes of at least 4 members (excludes halogenated alkanes) is 17. The summed E-state index contributed by atoms with van der Waals surface area (Å²) >= 11 is 0. The number of rotatable bonds is 44. The van der Waals surface area contributed by atoms with Gasteiger partial charge in [-0.05, 0) is 83.5 Å². The summed E-state index contributed by atoms with van der Waals surface area (Å²) in [7, 11) is 0. The first-order valence-electron chi connectivity index (χ1n) is 25.5. The zero-order chi connectivity index (χ0) is 45.2. The van der Waals surface area contributed by atoms with Crippen molar-refractivity contribution >= 4 is 11.9 Å². The van der Waals surface area contributed by atoms with Crippen LogP contribution in [0.15, 0.2) is 97.2 Å². The minimum atomic E-state index is -0.820.